The second kappa shape index (κ2) is 8.42. The quantitative estimate of drug-likeness (QED) is 0.731. The summed E-state index contributed by atoms with van der Waals surface area (Å²) in [6.07, 6.45) is 0. The summed E-state index contributed by atoms with van der Waals surface area (Å²) in [7, 11) is 0. The maximum Gasteiger partial charge on any atom is 0.258 e. The van der Waals surface area contributed by atoms with E-state index < -0.39 is 5.91 Å². The minimum absolute atomic E-state index is 0.118. The molecule has 2 rings (SSSR count). The molecule has 0 aliphatic heterocycles. The lowest BCUT2D eigenvalue weighted by atomic mass is 10.2. The van der Waals surface area contributed by atoms with E-state index in [4.69, 9.17) is 23.8 Å². The van der Waals surface area contributed by atoms with Gasteiger partial charge in [0.25, 0.3) is 11.8 Å². The van der Waals surface area contributed by atoms with E-state index in [2.05, 4.69) is 16.0 Å². The van der Waals surface area contributed by atoms with Crippen molar-refractivity contribution in [2.75, 3.05) is 11.9 Å². The Labute approximate surface area is 150 Å². The number of hydrogen-bond donors (Lipinski definition) is 3. The molecule has 7 heteroatoms. The number of rotatable bonds is 4. The number of benzene rings is 2. The molecule has 0 aliphatic carbocycles. The van der Waals surface area contributed by atoms with Gasteiger partial charge in [0.1, 0.15) is 0 Å². The van der Waals surface area contributed by atoms with Gasteiger partial charge in [-0.2, -0.15) is 0 Å². The van der Waals surface area contributed by atoms with Gasteiger partial charge in [-0.05, 0) is 49.5 Å². The molecule has 0 heterocycles. The Balaban J connectivity index is 2.02. The number of halogens is 1. The van der Waals surface area contributed by atoms with Crippen molar-refractivity contribution < 1.29 is 9.59 Å². The lowest BCUT2D eigenvalue weighted by molar-refractivity contribution is 0.0953. The summed E-state index contributed by atoms with van der Waals surface area (Å²) >= 11 is 11.1. The van der Waals surface area contributed by atoms with Gasteiger partial charge in [-0.3, -0.25) is 14.9 Å². The zero-order valence-electron chi connectivity index (χ0n) is 12.9. The molecule has 5 nitrogen and oxygen atoms in total. The van der Waals surface area contributed by atoms with Crippen molar-refractivity contribution in [3.63, 3.8) is 0 Å². The van der Waals surface area contributed by atoms with Crippen LogP contribution in [0.4, 0.5) is 5.69 Å². The first-order valence-electron chi connectivity index (χ1n) is 7.26. The Morgan fingerprint density at radius 1 is 1.08 bits per heavy atom. The average Bonchev–Trinajstić information content (AvgIpc) is 2.55. The first kappa shape index (κ1) is 17.9. The summed E-state index contributed by atoms with van der Waals surface area (Å²) in [6.45, 7) is 2.39. The van der Waals surface area contributed by atoms with Gasteiger partial charge in [0.2, 0.25) is 0 Å². The van der Waals surface area contributed by atoms with Gasteiger partial charge in [-0.15, -0.1) is 0 Å². The van der Waals surface area contributed by atoms with Crippen LogP contribution in [0.3, 0.4) is 0 Å². The highest BCUT2D eigenvalue weighted by molar-refractivity contribution is 7.80. The van der Waals surface area contributed by atoms with Crippen LogP contribution in [-0.4, -0.2) is 23.5 Å². The number of carbonyl (C=O) groups excluding carboxylic acids is 2. The molecule has 0 fully saturated rings. The molecule has 0 radical (unpaired) electrons. The minimum Gasteiger partial charge on any atom is -0.352 e. The van der Waals surface area contributed by atoms with Crippen molar-refractivity contribution in [3.05, 3.63) is 64.7 Å². The van der Waals surface area contributed by atoms with Gasteiger partial charge in [-0.25, -0.2) is 0 Å². The summed E-state index contributed by atoms with van der Waals surface area (Å²) in [4.78, 5) is 24.0. The monoisotopic (exact) mass is 361 g/mol. The molecule has 2 aromatic rings. The molecule has 24 heavy (non-hydrogen) atoms. The van der Waals surface area contributed by atoms with E-state index in [-0.39, 0.29) is 11.0 Å². The number of anilines is 1. The Hall–Kier alpha value is -2.44. The van der Waals surface area contributed by atoms with Crippen LogP contribution in [0.15, 0.2) is 48.5 Å². The predicted octanol–water partition coefficient (Wildman–Crippen LogP) is 3.22. The Bertz CT molecular complexity index is 780. The Kier molecular flexibility index (Phi) is 6.28. The van der Waals surface area contributed by atoms with E-state index in [0.29, 0.717) is 28.4 Å². The number of nitrogens with one attached hydrogen (secondary N) is 3. The average molecular weight is 362 g/mol. The molecular weight excluding hydrogens is 346 g/mol. The summed E-state index contributed by atoms with van der Waals surface area (Å²) in [6, 6.07) is 13.5. The fraction of sp³-hybridized carbons (Fsp3) is 0.118. The first-order chi connectivity index (χ1) is 11.5. The summed E-state index contributed by atoms with van der Waals surface area (Å²) in [5.74, 6) is -0.579. The molecular formula is C17H16ClN3O2S. The lowest BCUT2D eigenvalue weighted by Gasteiger charge is -2.11. The van der Waals surface area contributed by atoms with Crippen LogP contribution in [0, 0.1) is 0 Å². The number of carbonyl (C=O) groups is 2. The zero-order chi connectivity index (χ0) is 17.5. The molecule has 0 aliphatic rings. The fourth-order valence-electron chi connectivity index (χ4n) is 1.98. The Morgan fingerprint density at radius 3 is 2.54 bits per heavy atom. The molecule has 0 saturated carbocycles. The second-order valence-corrected chi connectivity index (χ2v) is 5.64. The van der Waals surface area contributed by atoms with E-state index in [1.54, 1.807) is 48.5 Å². The lowest BCUT2D eigenvalue weighted by Crippen LogP contribution is -2.34. The topological polar surface area (TPSA) is 70.2 Å². The third-order valence-corrected chi connectivity index (χ3v) is 3.60. The van der Waals surface area contributed by atoms with Crippen molar-refractivity contribution >= 4 is 46.4 Å². The van der Waals surface area contributed by atoms with Gasteiger partial charge in [-0.1, -0.05) is 29.8 Å². The van der Waals surface area contributed by atoms with Crippen LogP contribution in [0.25, 0.3) is 0 Å². The van der Waals surface area contributed by atoms with E-state index in [9.17, 15) is 9.59 Å². The fourth-order valence-corrected chi connectivity index (χ4v) is 2.41. The maximum absolute atomic E-state index is 12.1. The van der Waals surface area contributed by atoms with Gasteiger partial charge >= 0.3 is 0 Å². The molecule has 0 bridgehead atoms. The molecule has 3 N–H and O–H groups in total. The van der Waals surface area contributed by atoms with E-state index >= 15 is 0 Å². The van der Waals surface area contributed by atoms with Crippen molar-refractivity contribution in [1.29, 1.82) is 0 Å². The van der Waals surface area contributed by atoms with Crippen molar-refractivity contribution in [2.45, 2.75) is 6.92 Å². The number of hydrogen-bond acceptors (Lipinski definition) is 3. The Morgan fingerprint density at radius 2 is 1.83 bits per heavy atom. The van der Waals surface area contributed by atoms with Gasteiger partial charge < -0.3 is 10.6 Å². The summed E-state index contributed by atoms with van der Waals surface area (Å²) in [5.41, 5.74) is 1.43. The second-order valence-electron chi connectivity index (χ2n) is 4.83. The molecule has 2 aromatic carbocycles. The van der Waals surface area contributed by atoms with Crippen LogP contribution in [0.5, 0.6) is 0 Å². The van der Waals surface area contributed by atoms with Crippen LogP contribution in [0.1, 0.15) is 27.6 Å². The molecule has 2 amide bonds. The van der Waals surface area contributed by atoms with Crippen molar-refractivity contribution in [3.8, 4) is 0 Å². The predicted molar refractivity (Wildman–Crippen MR) is 99.6 cm³/mol. The van der Waals surface area contributed by atoms with Gasteiger partial charge in [0, 0.05) is 17.8 Å². The molecule has 0 spiro atoms. The number of thiocarbonyl (C=S) groups is 1. The van der Waals surface area contributed by atoms with Crippen LogP contribution >= 0.6 is 23.8 Å². The smallest absolute Gasteiger partial charge is 0.258 e. The third-order valence-electron chi connectivity index (χ3n) is 3.07. The SMILES string of the molecule is CCNC(=O)c1cccc(NC(=S)NC(=O)c2ccccc2Cl)c1. The van der Waals surface area contributed by atoms with E-state index in [0.717, 1.165) is 0 Å². The molecule has 124 valence electrons. The standard InChI is InChI=1S/C17H16ClN3O2S/c1-2-19-15(22)11-6-5-7-12(10-11)20-17(24)21-16(23)13-8-3-4-9-14(13)18/h3-10H,2H2,1H3,(H,19,22)(H2,20,21,23,24). The van der Waals surface area contributed by atoms with E-state index in [1.807, 2.05) is 6.92 Å². The maximum atomic E-state index is 12.1. The summed E-state index contributed by atoms with van der Waals surface area (Å²) in [5, 5.41) is 8.61. The molecule has 0 unspecified atom stereocenters. The van der Waals surface area contributed by atoms with Crippen molar-refractivity contribution in [2.24, 2.45) is 0 Å². The van der Waals surface area contributed by atoms with Crippen molar-refractivity contribution in [1.82, 2.24) is 10.6 Å². The zero-order valence-corrected chi connectivity index (χ0v) is 14.5. The van der Waals surface area contributed by atoms with Crippen LogP contribution in [0.2, 0.25) is 5.02 Å². The normalized spacial score (nSPS) is 9.92. The highest BCUT2D eigenvalue weighted by atomic mass is 35.5. The molecule has 0 aromatic heterocycles. The first-order valence-corrected chi connectivity index (χ1v) is 8.05. The van der Waals surface area contributed by atoms with Crippen LogP contribution in [-0.2, 0) is 0 Å². The number of amides is 2. The summed E-state index contributed by atoms with van der Waals surface area (Å²) < 4.78 is 0. The van der Waals surface area contributed by atoms with Gasteiger partial charge in [0.15, 0.2) is 5.11 Å². The highest BCUT2D eigenvalue weighted by Gasteiger charge is 2.11. The molecule has 0 saturated heterocycles. The van der Waals surface area contributed by atoms with E-state index in [1.165, 1.54) is 0 Å². The van der Waals surface area contributed by atoms with Crippen LogP contribution < -0.4 is 16.0 Å². The largest absolute Gasteiger partial charge is 0.352 e. The minimum atomic E-state index is -0.405. The molecule has 0 atom stereocenters. The van der Waals surface area contributed by atoms with Gasteiger partial charge in [0.05, 0.1) is 10.6 Å². The third kappa shape index (κ3) is 4.78. The highest BCUT2D eigenvalue weighted by Crippen LogP contribution is 2.15.